The molecule has 2 aromatic heterocycles. The SMILES string of the molecule is CCc1ccc(-n2nc(C)cc2C)c(O)c1.CCc1ccc(-n2nc(C)cc2C)c(OS(C)(=O)=O)c1. The van der Waals surface area contributed by atoms with E-state index in [1.807, 2.05) is 71.0 Å². The number of aromatic hydroxyl groups is 1. The lowest BCUT2D eigenvalue weighted by Gasteiger charge is -2.12. The topological polar surface area (TPSA) is 99.2 Å². The second kappa shape index (κ2) is 11.0. The molecule has 4 rings (SSSR count). The van der Waals surface area contributed by atoms with Gasteiger partial charge < -0.3 is 9.29 Å². The van der Waals surface area contributed by atoms with Crippen LogP contribution in [0.3, 0.4) is 0 Å². The van der Waals surface area contributed by atoms with Crippen molar-refractivity contribution in [3.63, 3.8) is 0 Å². The van der Waals surface area contributed by atoms with Crippen LogP contribution in [0.1, 0.15) is 47.8 Å². The van der Waals surface area contributed by atoms with Crippen LogP contribution in [-0.4, -0.2) is 39.3 Å². The first-order chi connectivity index (χ1) is 16.9. The van der Waals surface area contributed by atoms with Crippen LogP contribution < -0.4 is 4.18 Å². The molecule has 0 spiro atoms. The number of phenols is 1. The lowest BCUT2D eigenvalue weighted by atomic mass is 10.1. The maximum atomic E-state index is 11.4. The molecule has 0 saturated heterocycles. The smallest absolute Gasteiger partial charge is 0.306 e. The summed E-state index contributed by atoms with van der Waals surface area (Å²) < 4.78 is 31.4. The summed E-state index contributed by atoms with van der Waals surface area (Å²) in [4.78, 5) is 0. The molecule has 36 heavy (non-hydrogen) atoms. The van der Waals surface area contributed by atoms with Crippen LogP contribution >= 0.6 is 0 Å². The largest absolute Gasteiger partial charge is 0.506 e. The molecule has 4 aromatic rings. The molecular weight excluding hydrogens is 476 g/mol. The van der Waals surface area contributed by atoms with Gasteiger partial charge in [0.1, 0.15) is 17.1 Å². The Morgan fingerprint density at radius 2 is 1.25 bits per heavy atom. The summed E-state index contributed by atoms with van der Waals surface area (Å²) in [6.45, 7) is 11.8. The van der Waals surface area contributed by atoms with E-state index in [0.29, 0.717) is 11.4 Å². The predicted molar refractivity (Wildman–Crippen MR) is 142 cm³/mol. The molecule has 0 atom stereocenters. The van der Waals surface area contributed by atoms with Gasteiger partial charge in [-0.05, 0) is 88.1 Å². The highest BCUT2D eigenvalue weighted by molar-refractivity contribution is 7.86. The van der Waals surface area contributed by atoms with Crippen LogP contribution in [0.4, 0.5) is 0 Å². The molecule has 0 aliphatic rings. The van der Waals surface area contributed by atoms with E-state index in [1.165, 1.54) is 0 Å². The molecule has 0 bridgehead atoms. The van der Waals surface area contributed by atoms with E-state index < -0.39 is 10.1 Å². The first-order valence-electron chi connectivity index (χ1n) is 11.8. The number of phenolic OH excluding ortho intramolecular Hbond substituents is 1. The van der Waals surface area contributed by atoms with Gasteiger partial charge in [-0.2, -0.15) is 18.6 Å². The quantitative estimate of drug-likeness (QED) is 0.360. The fourth-order valence-corrected chi connectivity index (χ4v) is 4.36. The van der Waals surface area contributed by atoms with Gasteiger partial charge in [-0.3, -0.25) is 0 Å². The Labute approximate surface area is 213 Å². The zero-order valence-electron chi connectivity index (χ0n) is 21.9. The summed E-state index contributed by atoms with van der Waals surface area (Å²) in [7, 11) is -3.58. The molecule has 192 valence electrons. The second-order valence-corrected chi connectivity index (χ2v) is 10.4. The van der Waals surface area contributed by atoms with Crippen molar-refractivity contribution in [3.05, 3.63) is 82.4 Å². The fourth-order valence-electron chi connectivity index (χ4n) is 3.90. The molecule has 0 aliphatic carbocycles. The van der Waals surface area contributed by atoms with Crippen molar-refractivity contribution in [1.82, 2.24) is 19.6 Å². The number of hydrogen-bond acceptors (Lipinski definition) is 6. The van der Waals surface area contributed by atoms with Crippen molar-refractivity contribution >= 4 is 10.1 Å². The average Bonchev–Trinajstić information content (AvgIpc) is 3.31. The summed E-state index contributed by atoms with van der Waals surface area (Å²) in [5.41, 5.74) is 7.27. The minimum Gasteiger partial charge on any atom is -0.506 e. The van der Waals surface area contributed by atoms with Crippen molar-refractivity contribution in [2.75, 3.05) is 6.26 Å². The molecular formula is C27H34N4O4S. The minimum absolute atomic E-state index is 0.283. The summed E-state index contributed by atoms with van der Waals surface area (Å²) in [5, 5.41) is 18.7. The number of benzene rings is 2. The first kappa shape index (κ1) is 27.0. The van der Waals surface area contributed by atoms with E-state index in [0.717, 1.165) is 58.7 Å². The zero-order valence-corrected chi connectivity index (χ0v) is 22.7. The molecule has 0 saturated carbocycles. The molecule has 0 radical (unpaired) electrons. The third kappa shape index (κ3) is 6.54. The number of nitrogens with zero attached hydrogens (tertiary/aromatic N) is 4. The van der Waals surface area contributed by atoms with Gasteiger partial charge in [-0.1, -0.05) is 26.0 Å². The van der Waals surface area contributed by atoms with E-state index in [9.17, 15) is 13.5 Å². The Morgan fingerprint density at radius 3 is 1.67 bits per heavy atom. The van der Waals surface area contributed by atoms with Gasteiger partial charge in [-0.25, -0.2) is 9.36 Å². The van der Waals surface area contributed by atoms with Crippen molar-refractivity contribution in [3.8, 4) is 22.9 Å². The number of rotatable bonds is 6. The molecule has 2 aromatic carbocycles. The maximum Gasteiger partial charge on any atom is 0.306 e. The predicted octanol–water partition coefficient (Wildman–Crippen LogP) is 5.15. The summed E-state index contributed by atoms with van der Waals surface area (Å²) in [6.07, 6.45) is 2.76. The Balaban J connectivity index is 0.000000205. The van der Waals surface area contributed by atoms with E-state index in [-0.39, 0.29) is 5.75 Å². The lowest BCUT2D eigenvalue weighted by Crippen LogP contribution is -2.10. The van der Waals surface area contributed by atoms with Gasteiger partial charge in [0.15, 0.2) is 5.75 Å². The molecule has 9 heteroatoms. The van der Waals surface area contributed by atoms with E-state index >= 15 is 0 Å². The minimum atomic E-state index is -3.58. The third-order valence-electron chi connectivity index (χ3n) is 5.60. The Morgan fingerprint density at radius 1 is 0.778 bits per heavy atom. The van der Waals surface area contributed by atoms with Gasteiger partial charge in [0.05, 0.1) is 17.6 Å². The van der Waals surface area contributed by atoms with Crippen molar-refractivity contribution < 1.29 is 17.7 Å². The Kier molecular flexibility index (Phi) is 8.24. The molecule has 8 nitrogen and oxygen atoms in total. The second-order valence-electron chi connectivity index (χ2n) is 8.80. The monoisotopic (exact) mass is 510 g/mol. The van der Waals surface area contributed by atoms with Crippen LogP contribution in [0.15, 0.2) is 48.5 Å². The molecule has 0 unspecified atom stereocenters. The average molecular weight is 511 g/mol. The van der Waals surface area contributed by atoms with Crippen LogP contribution in [-0.2, 0) is 23.0 Å². The van der Waals surface area contributed by atoms with Crippen LogP contribution in [0.25, 0.3) is 11.4 Å². The molecule has 0 fully saturated rings. The molecule has 1 N–H and O–H groups in total. The number of aromatic nitrogens is 4. The summed E-state index contributed by atoms with van der Waals surface area (Å²) in [6, 6.07) is 15.2. The van der Waals surface area contributed by atoms with Gasteiger partial charge >= 0.3 is 10.1 Å². The zero-order chi connectivity index (χ0) is 26.6. The van der Waals surface area contributed by atoms with E-state index in [4.69, 9.17) is 4.18 Å². The highest BCUT2D eigenvalue weighted by Crippen LogP contribution is 2.27. The highest BCUT2D eigenvalue weighted by Gasteiger charge is 2.15. The number of aryl methyl sites for hydroxylation is 6. The van der Waals surface area contributed by atoms with Gasteiger partial charge in [-0.15, -0.1) is 0 Å². The van der Waals surface area contributed by atoms with Crippen molar-refractivity contribution in [2.24, 2.45) is 0 Å². The van der Waals surface area contributed by atoms with E-state index in [2.05, 4.69) is 17.1 Å². The Hall–Kier alpha value is -3.59. The van der Waals surface area contributed by atoms with E-state index in [1.54, 1.807) is 21.5 Å². The van der Waals surface area contributed by atoms with Crippen LogP contribution in [0, 0.1) is 27.7 Å². The summed E-state index contributed by atoms with van der Waals surface area (Å²) >= 11 is 0. The third-order valence-corrected chi connectivity index (χ3v) is 6.08. The molecule has 0 aliphatic heterocycles. The van der Waals surface area contributed by atoms with Gasteiger partial charge in [0.2, 0.25) is 0 Å². The highest BCUT2D eigenvalue weighted by atomic mass is 32.2. The number of hydrogen-bond donors (Lipinski definition) is 1. The van der Waals surface area contributed by atoms with Crippen molar-refractivity contribution in [2.45, 2.75) is 54.4 Å². The fraction of sp³-hybridized carbons (Fsp3) is 0.333. The van der Waals surface area contributed by atoms with Crippen molar-refractivity contribution in [1.29, 1.82) is 0 Å². The normalized spacial score (nSPS) is 11.2. The van der Waals surface area contributed by atoms with Gasteiger partial charge in [0.25, 0.3) is 0 Å². The first-order valence-corrected chi connectivity index (χ1v) is 13.6. The molecule has 0 amide bonds. The summed E-state index contributed by atoms with van der Waals surface area (Å²) in [5.74, 6) is 0.587. The standard InChI is InChI=1S/C14H18N2O3S.C13H16N2O/c1-5-12-6-7-13(14(9-12)19-20(4,17)18)16-11(3)8-10(2)15-16;1-4-11-5-6-12(13(16)8-11)15-10(3)7-9(2)14-15/h6-9H,5H2,1-4H3;5-8,16H,4H2,1-3H3. The maximum absolute atomic E-state index is 11.4. The van der Waals surface area contributed by atoms with Crippen LogP contribution in [0.2, 0.25) is 0 Å². The lowest BCUT2D eigenvalue weighted by molar-refractivity contribution is 0.469. The molecule has 2 heterocycles. The van der Waals surface area contributed by atoms with Crippen LogP contribution in [0.5, 0.6) is 11.5 Å². The Bertz CT molecular complexity index is 1470. The van der Waals surface area contributed by atoms with Gasteiger partial charge in [0, 0.05) is 11.4 Å².